The first-order valence-corrected chi connectivity index (χ1v) is 5.05. The number of ether oxygens (including phenoxy) is 1. The van der Waals surface area contributed by atoms with Gasteiger partial charge < -0.3 is 13.6 Å². The smallest absolute Gasteiger partial charge is 0.292 e. The number of benzene rings is 1. The summed E-state index contributed by atoms with van der Waals surface area (Å²) in [6.07, 6.45) is 3.31. The molecule has 1 aromatic carbocycles. The highest BCUT2D eigenvalue weighted by Gasteiger charge is 2.07. The summed E-state index contributed by atoms with van der Waals surface area (Å²) in [5.74, 6) is 1.31. The summed E-state index contributed by atoms with van der Waals surface area (Å²) in [6, 6.07) is 11.6. The van der Waals surface area contributed by atoms with Crippen molar-refractivity contribution in [3.05, 3.63) is 54.7 Å². The quantitative estimate of drug-likeness (QED) is 0.668. The molecule has 0 atom stereocenters. The van der Waals surface area contributed by atoms with Crippen LogP contribution in [0.5, 0.6) is 5.95 Å². The van der Waals surface area contributed by atoms with Crippen molar-refractivity contribution in [2.24, 2.45) is 0 Å². The van der Waals surface area contributed by atoms with E-state index in [2.05, 4.69) is 0 Å². The summed E-state index contributed by atoms with van der Waals surface area (Å²) in [7, 11) is 0. The number of hydrogen-bond acceptors (Lipinski definition) is 3. The van der Waals surface area contributed by atoms with E-state index >= 15 is 0 Å². The van der Waals surface area contributed by atoms with Crippen molar-refractivity contribution in [3.8, 4) is 5.95 Å². The molecule has 2 aromatic heterocycles. The largest absolute Gasteiger partial charge is 0.466 e. The third kappa shape index (κ3) is 1.56. The Labute approximate surface area is 92.2 Å². The highest BCUT2D eigenvalue weighted by atomic mass is 16.6. The molecule has 0 aliphatic heterocycles. The molecule has 0 aliphatic rings. The molecule has 0 N–H and O–H groups in total. The van der Waals surface area contributed by atoms with Gasteiger partial charge in [0.1, 0.15) is 18.6 Å². The maximum Gasteiger partial charge on any atom is 0.292 e. The van der Waals surface area contributed by atoms with Crippen LogP contribution in [0.15, 0.2) is 57.8 Å². The number of rotatable bonds is 3. The summed E-state index contributed by atoms with van der Waals surface area (Å²) >= 11 is 0. The predicted molar refractivity (Wildman–Crippen MR) is 59.3 cm³/mol. The van der Waals surface area contributed by atoms with Gasteiger partial charge in [0.2, 0.25) is 0 Å². The van der Waals surface area contributed by atoms with Crippen molar-refractivity contribution >= 4 is 10.8 Å². The monoisotopic (exact) mass is 214 g/mol. The molecular formula is C13H10O3. The molecule has 0 amide bonds. The van der Waals surface area contributed by atoms with E-state index in [1.807, 2.05) is 36.4 Å². The first-order valence-electron chi connectivity index (χ1n) is 5.05. The van der Waals surface area contributed by atoms with Gasteiger partial charge in [-0.15, -0.1) is 0 Å². The van der Waals surface area contributed by atoms with Gasteiger partial charge in [0.15, 0.2) is 0 Å². The number of fused-ring (bicyclic) bond motifs is 1. The van der Waals surface area contributed by atoms with Gasteiger partial charge in [-0.1, -0.05) is 18.2 Å². The number of hydrogen-bond donors (Lipinski definition) is 0. The van der Waals surface area contributed by atoms with Gasteiger partial charge in [0.25, 0.3) is 5.95 Å². The second-order valence-corrected chi connectivity index (χ2v) is 3.48. The lowest BCUT2D eigenvalue weighted by atomic mass is 10.2. The van der Waals surface area contributed by atoms with Gasteiger partial charge in [-0.25, -0.2) is 0 Å². The van der Waals surface area contributed by atoms with Crippen LogP contribution in [0.25, 0.3) is 10.8 Å². The zero-order valence-corrected chi connectivity index (χ0v) is 8.55. The van der Waals surface area contributed by atoms with Crippen LogP contribution >= 0.6 is 0 Å². The molecule has 0 aliphatic carbocycles. The molecule has 0 saturated carbocycles. The minimum absolute atomic E-state index is 0.379. The highest BCUT2D eigenvalue weighted by molar-refractivity contribution is 5.86. The molecule has 0 fully saturated rings. The zero-order valence-electron chi connectivity index (χ0n) is 8.55. The minimum Gasteiger partial charge on any atom is -0.466 e. The van der Waals surface area contributed by atoms with Crippen LogP contribution in [0.1, 0.15) is 5.76 Å². The Morgan fingerprint density at radius 2 is 1.94 bits per heavy atom. The van der Waals surface area contributed by atoms with Gasteiger partial charge in [-0.2, -0.15) is 0 Å². The van der Waals surface area contributed by atoms with E-state index in [1.54, 1.807) is 12.5 Å². The molecule has 2 heterocycles. The molecule has 0 radical (unpaired) electrons. The second-order valence-electron chi connectivity index (χ2n) is 3.48. The van der Waals surface area contributed by atoms with E-state index in [9.17, 15) is 0 Å². The maximum absolute atomic E-state index is 5.54. The van der Waals surface area contributed by atoms with Crippen molar-refractivity contribution in [3.63, 3.8) is 0 Å². The lowest BCUT2D eigenvalue weighted by Crippen LogP contribution is -1.92. The van der Waals surface area contributed by atoms with Gasteiger partial charge in [0.05, 0.1) is 11.6 Å². The van der Waals surface area contributed by atoms with Crippen LogP contribution in [0.2, 0.25) is 0 Å². The van der Waals surface area contributed by atoms with Crippen molar-refractivity contribution in [2.75, 3.05) is 0 Å². The van der Waals surface area contributed by atoms with Gasteiger partial charge >= 0.3 is 0 Å². The molecular weight excluding hydrogens is 204 g/mol. The minimum atomic E-state index is 0.379. The third-order valence-electron chi connectivity index (χ3n) is 2.40. The Morgan fingerprint density at radius 1 is 1.00 bits per heavy atom. The van der Waals surface area contributed by atoms with E-state index < -0.39 is 0 Å². The molecule has 0 unspecified atom stereocenters. The molecule has 0 spiro atoms. The van der Waals surface area contributed by atoms with Crippen molar-refractivity contribution in [2.45, 2.75) is 6.61 Å². The second kappa shape index (κ2) is 3.77. The van der Waals surface area contributed by atoms with E-state index in [0.717, 1.165) is 16.5 Å². The Hall–Kier alpha value is -2.16. The van der Waals surface area contributed by atoms with E-state index in [-0.39, 0.29) is 0 Å². The van der Waals surface area contributed by atoms with Crippen molar-refractivity contribution in [1.82, 2.24) is 0 Å². The lowest BCUT2D eigenvalue weighted by molar-refractivity contribution is 0.215. The fourth-order valence-electron chi connectivity index (χ4n) is 1.61. The molecule has 0 bridgehead atoms. The van der Waals surface area contributed by atoms with Gasteiger partial charge in [0, 0.05) is 5.39 Å². The first kappa shape index (κ1) is 9.09. The molecule has 3 heteroatoms. The average Bonchev–Trinajstić information content (AvgIpc) is 2.96. The van der Waals surface area contributed by atoms with Crippen LogP contribution < -0.4 is 4.74 Å². The van der Waals surface area contributed by atoms with Gasteiger partial charge in [-0.3, -0.25) is 0 Å². The summed E-state index contributed by atoms with van der Waals surface area (Å²) in [5.41, 5.74) is 0. The van der Waals surface area contributed by atoms with Crippen LogP contribution in [-0.2, 0) is 6.61 Å². The van der Waals surface area contributed by atoms with Crippen molar-refractivity contribution < 1.29 is 13.6 Å². The summed E-state index contributed by atoms with van der Waals surface area (Å²) < 4.78 is 16.1. The van der Waals surface area contributed by atoms with Crippen LogP contribution in [0.4, 0.5) is 0 Å². The molecule has 16 heavy (non-hydrogen) atoms. The van der Waals surface area contributed by atoms with E-state index in [4.69, 9.17) is 13.6 Å². The summed E-state index contributed by atoms with van der Waals surface area (Å²) in [5, 5.41) is 2.02. The summed E-state index contributed by atoms with van der Waals surface area (Å²) in [4.78, 5) is 0. The Bertz CT molecular complexity index is 578. The normalized spacial score (nSPS) is 10.8. The van der Waals surface area contributed by atoms with Crippen LogP contribution in [0, 0.1) is 0 Å². The van der Waals surface area contributed by atoms with Crippen LogP contribution in [-0.4, -0.2) is 0 Å². The Balaban J connectivity index is 1.84. The van der Waals surface area contributed by atoms with Crippen LogP contribution in [0.3, 0.4) is 0 Å². The maximum atomic E-state index is 5.54. The first-order chi connectivity index (χ1) is 7.93. The zero-order chi connectivity index (χ0) is 10.8. The summed E-state index contributed by atoms with van der Waals surface area (Å²) in [6.45, 7) is 0.379. The van der Waals surface area contributed by atoms with E-state index in [0.29, 0.717) is 12.6 Å². The SMILES string of the molecule is c1coc(COc2occ3ccccc23)c1. The highest BCUT2D eigenvalue weighted by Crippen LogP contribution is 2.28. The topological polar surface area (TPSA) is 35.5 Å². The van der Waals surface area contributed by atoms with Crippen molar-refractivity contribution in [1.29, 1.82) is 0 Å². The fraction of sp³-hybridized carbons (Fsp3) is 0.0769. The Kier molecular flexibility index (Phi) is 2.14. The third-order valence-corrected chi connectivity index (χ3v) is 2.40. The molecule has 80 valence electrons. The number of furan rings is 2. The van der Waals surface area contributed by atoms with E-state index in [1.165, 1.54) is 0 Å². The molecule has 0 saturated heterocycles. The predicted octanol–water partition coefficient (Wildman–Crippen LogP) is 3.60. The molecule has 3 rings (SSSR count). The molecule has 3 aromatic rings. The average molecular weight is 214 g/mol. The lowest BCUT2D eigenvalue weighted by Gasteiger charge is -1.99. The fourth-order valence-corrected chi connectivity index (χ4v) is 1.61. The Morgan fingerprint density at radius 3 is 2.81 bits per heavy atom. The standard InChI is InChI=1S/C13H10O3/c1-2-6-12-10(4-1)8-15-13(12)16-9-11-5-3-7-14-11/h1-8H,9H2. The molecule has 3 nitrogen and oxygen atoms in total. The van der Waals surface area contributed by atoms with Gasteiger partial charge in [-0.05, 0) is 18.2 Å².